The minimum atomic E-state index is -0.0327. The molecule has 1 aromatic heterocycles. The van der Waals surface area contributed by atoms with Gasteiger partial charge in [0.15, 0.2) is 0 Å². The maximum atomic E-state index is 2.79. The molecule has 3 heterocycles. The predicted molar refractivity (Wildman–Crippen MR) is 378 cm³/mol. The van der Waals surface area contributed by atoms with Crippen LogP contribution in [0.3, 0.4) is 0 Å². The fraction of sp³-hybridized carbons (Fsp3) is 0.415. The van der Waals surface area contributed by atoms with E-state index in [2.05, 4.69) is 296 Å². The van der Waals surface area contributed by atoms with Crippen LogP contribution < -0.4 is 24.9 Å². The Morgan fingerprint density at radius 3 is 1.61 bits per heavy atom. The molecule has 14 rings (SSSR count). The molecule has 87 heavy (non-hydrogen) atoms. The van der Waals surface area contributed by atoms with Gasteiger partial charge < -0.3 is 14.7 Å². The van der Waals surface area contributed by atoms with E-state index in [-0.39, 0.29) is 50.7 Å². The van der Waals surface area contributed by atoms with Crippen LogP contribution in [0.4, 0.5) is 39.8 Å². The van der Waals surface area contributed by atoms with Gasteiger partial charge in [-0.1, -0.05) is 190 Å². The van der Waals surface area contributed by atoms with E-state index in [1.165, 1.54) is 171 Å². The van der Waals surface area contributed by atoms with Gasteiger partial charge in [-0.25, -0.2) is 0 Å². The molecule has 5 heteroatoms. The van der Waals surface area contributed by atoms with Gasteiger partial charge >= 0.3 is 0 Å². The maximum absolute atomic E-state index is 2.79. The smallest absolute Gasteiger partial charge is 0.259 e. The Kier molecular flexibility index (Phi) is 13.2. The number of fused-ring (bicyclic) bond motifs is 9. The third kappa shape index (κ3) is 9.29. The fourth-order valence-electron chi connectivity index (χ4n) is 16.7. The average molecular weight is 1160 g/mol. The number of anilines is 7. The molecule has 3 nitrogen and oxygen atoms in total. The number of allylic oxidation sites excluding steroid dienone is 1. The standard InChI is InChI=1S/C82H94BN3S/c1-50(2)52-24-27-55(28-25-52)85-69-47-58(84(56-29-32-61-63(45-56)79(11,12)38-36-77(61,7)8)57-30-33-62-64(46-57)80(13,14)39-37-78(62,9)10)31-34-67(69)83-73-70(85)42-51(3)43-71(73)86(68-35-26-54(76(4,5)6)44-59(68)53-22-20-19-21-23-53)74-60-48-65-66(49-72(60)87-75(74)83)82(17,18)41-40-81(65,15)16/h19-35,43-50,70H,36-42H2,1-18H3. The van der Waals surface area contributed by atoms with E-state index in [9.17, 15) is 0 Å². The molecule has 0 N–H and O–H groups in total. The zero-order valence-electron chi connectivity index (χ0n) is 55.8. The highest BCUT2D eigenvalue weighted by Crippen LogP contribution is 2.57. The summed E-state index contributed by atoms with van der Waals surface area (Å²) in [7, 11) is 0. The van der Waals surface area contributed by atoms with E-state index in [1.807, 2.05) is 0 Å². The van der Waals surface area contributed by atoms with Crippen molar-refractivity contribution in [2.24, 2.45) is 0 Å². The lowest BCUT2D eigenvalue weighted by molar-refractivity contribution is 0.332. The third-order valence-corrected chi connectivity index (χ3v) is 23.8. The SMILES string of the molecule is CC1=CC2=C3B(c4ccc(N(c5ccc6c(c5)C(C)(C)CCC6(C)C)c5ccc6c(c5)C(C)(C)CCC6(C)C)cc4N(c4ccc(C(C)C)cc4)C3C1)c1sc3cc4c(cc3c1N2c1ccc(C(C)(C)C)cc1-c1ccccc1)C(C)(C)CCC4(C)C. The molecular weight excluding hydrogens is 1070 g/mol. The topological polar surface area (TPSA) is 9.72 Å². The number of hydrogen-bond donors (Lipinski definition) is 0. The maximum Gasteiger partial charge on any atom is 0.259 e. The molecule has 0 spiro atoms. The third-order valence-electron chi connectivity index (χ3n) is 22.6. The largest absolute Gasteiger partial charge is 0.335 e. The normalized spacial score (nSPS) is 20.7. The van der Waals surface area contributed by atoms with Crippen LogP contribution in [0.15, 0.2) is 162 Å². The Labute approximate surface area is 527 Å². The van der Waals surface area contributed by atoms with Crippen molar-refractivity contribution in [2.75, 3.05) is 14.7 Å². The lowest BCUT2D eigenvalue weighted by Gasteiger charge is -2.50. The molecule has 0 fully saturated rings. The number of rotatable bonds is 7. The Hall–Kier alpha value is -6.56. The molecule has 0 bridgehead atoms. The van der Waals surface area contributed by atoms with Crippen molar-refractivity contribution in [1.82, 2.24) is 0 Å². The van der Waals surface area contributed by atoms with E-state index in [1.54, 1.807) is 0 Å². The van der Waals surface area contributed by atoms with Crippen molar-refractivity contribution in [3.63, 3.8) is 0 Å². The van der Waals surface area contributed by atoms with Crippen LogP contribution in [-0.2, 0) is 37.9 Å². The fourth-order valence-corrected chi connectivity index (χ4v) is 18.0. The zero-order valence-corrected chi connectivity index (χ0v) is 56.6. The Balaban J connectivity index is 1.07. The molecule has 2 aliphatic heterocycles. The second-order valence-corrected chi connectivity index (χ2v) is 33.9. The van der Waals surface area contributed by atoms with Crippen molar-refractivity contribution < 1.29 is 0 Å². The monoisotopic (exact) mass is 1160 g/mol. The minimum absolute atomic E-state index is 0.0327. The summed E-state index contributed by atoms with van der Waals surface area (Å²) in [5.41, 5.74) is 29.1. The van der Waals surface area contributed by atoms with Gasteiger partial charge in [0.25, 0.3) is 6.71 Å². The van der Waals surface area contributed by atoms with Crippen LogP contribution in [0, 0.1) is 0 Å². The lowest BCUT2D eigenvalue weighted by Crippen LogP contribution is -2.60. The second-order valence-electron chi connectivity index (χ2n) is 32.8. The van der Waals surface area contributed by atoms with Crippen molar-refractivity contribution in [3.8, 4) is 11.1 Å². The van der Waals surface area contributed by atoms with Crippen LogP contribution >= 0.6 is 11.3 Å². The zero-order chi connectivity index (χ0) is 61.4. The average Bonchev–Trinajstić information content (AvgIpc) is 1.67. The highest BCUT2D eigenvalue weighted by molar-refractivity contribution is 7.32. The van der Waals surface area contributed by atoms with Crippen molar-refractivity contribution in [3.05, 3.63) is 207 Å². The molecule has 1 unspecified atom stereocenters. The van der Waals surface area contributed by atoms with Gasteiger partial charge in [0.2, 0.25) is 0 Å². The Morgan fingerprint density at radius 2 is 1.06 bits per heavy atom. The van der Waals surface area contributed by atoms with E-state index in [0.717, 1.165) is 6.42 Å². The molecule has 0 amide bonds. The summed E-state index contributed by atoms with van der Waals surface area (Å²) in [6, 6.07) is 56.6. The predicted octanol–water partition coefficient (Wildman–Crippen LogP) is 21.9. The lowest BCUT2D eigenvalue weighted by atomic mass is 9.33. The molecule has 0 radical (unpaired) electrons. The first-order chi connectivity index (χ1) is 40.9. The van der Waals surface area contributed by atoms with E-state index >= 15 is 0 Å². The van der Waals surface area contributed by atoms with Crippen LogP contribution in [0.5, 0.6) is 0 Å². The first kappa shape index (κ1) is 58.1. The molecule has 6 aliphatic rings. The number of hydrogen-bond acceptors (Lipinski definition) is 4. The highest BCUT2D eigenvalue weighted by atomic mass is 32.1. The molecule has 8 aromatic rings. The van der Waals surface area contributed by atoms with E-state index in [0.29, 0.717) is 5.92 Å². The molecular formula is C82H94BN3S. The summed E-state index contributed by atoms with van der Waals surface area (Å²) in [5.74, 6) is 0.425. The van der Waals surface area contributed by atoms with Gasteiger partial charge in [-0.2, -0.15) is 0 Å². The van der Waals surface area contributed by atoms with Crippen LogP contribution in [0.1, 0.15) is 220 Å². The number of nitrogens with zero attached hydrogens (tertiary/aromatic N) is 3. The van der Waals surface area contributed by atoms with Crippen LogP contribution in [0.2, 0.25) is 0 Å². The van der Waals surface area contributed by atoms with E-state index in [4.69, 9.17) is 0 Å². The summed E-state index contributed by atoms with van der Waals surface area (Å²) in [6.45, 7) is 43.9. The van der Waals surface area contributed by atoms with E-state index < -0.39 is 0 Å². The van der Waals surface area contributed by atoms with Gasteiger partial charge in [-0.3, -0.25) is 0 Å². The van der Waals surface area contributed by atoms with Gasteiger partial charge in [0, 0.05) is 54.6 Å². The van der Waals surface area contributed by atoms with Crippen molar-refractivity contribution >= 4 is 78.2 Å². The summed E-state index contributed by atoms with van der Waals surface area (Å²) in [6.07, 6.45) is 10.6. The number of benzene rings is 7. The molecule has 0 saturated heterocycles. The minimum Gasteiger partial charge on any atom is -0.335 e. The summed E-state index contributed by atoms with van der Waals surface area (Å²) >= 11 is 2.08. The molecule has 446 valence electrons. The van der Waals surface area contributed by atoms with Crippen molar-refractivity contribution in [1.29, 1.82) is 0 Å². The summed E-state index contributed by atoms with van der Waals surface area (Å²) < 4.78 is 2.85. The van der Waals surface area contributed by atoms with Gasteiger partial charge in [-0.15, -0.1) is 11.3 Å². The van der Waals surface area contributed by atoms with Gasteiger partial charge in [0.1, 0.15) is 0 Å². The Bertz CT molecular complexity index is 4110. The molecule has 1 atom stereocenters. The van der Waals surface area contributed by atoms with Gasteiger partial charge in [-0.05, 0) is 236 Å². The summed E-state index contributed by atoms with van der Waals surface area (Å²) in [5, 5.41) is 1.38. The van der Waals surface area contributed by atoms with Crippen LogP contribution in [-0.4, -0.2) is 12.8 Å². The molecule has 7 aromatic carbocycles. The molecule has 0 saturated carbocycles. The summed E-state index contributed by atoms with van der Waals surface area (Å²) in [4.78, 5) is 8.21. The number of thiophene rings is 1. The first-order valence-corrected chi connectivity index (χ1v) is 33.9. The highest BCUT2D eigenvalue weighted by Gasteiger charge is 2.51. The Morgan fingerprint density at radius 1 is 0.540 bits per heavy atom. The second kappa shape index (κ2) is 19.7. The van der Waals surface area contributed by atoms with Crippen molar-refractivity contribution in [2.45, 2.75) is 219 Å². The van der Waals surface area contributed by atoms with Gasteiger partial charge in [0.05, 0.1) is 17.4 Å². The van der Waals surface area contributed by atoms with Crippen LogP contribution in [0.25, 0.3) is 21.2 Å². The molecule has 4 aliphatic carbocycles. The first-order valence-electron chi connectivity index (χ1n) is 33.1. The quantitative estimate of drug-likeness (QED) is 0.147.